The van der Waals surface area contributed by atoms with E-state index in [1.54, 1.807) is 11.8 Å². The molecule has 1 N–H and O–H groups in total. The standard InChI is InChI=1S/C25H34N2O3/c1-19-11-9-12-21(17-19)18-27(20(2)24(29)26-25(3,4)5)23(28)15-10-16-30-22-13-7-6-8-14-22/h6-9,11-14,17,20H,10,15-16,18H2,1-5H3,(H,26,29)/t20-/m1/s1. The van der Waals surface area contributed by atoms with Gasteiger partial charge in [0.2, 0.25) is 11.8 Å². The first-order valence-corrected chi connectivity index (χ1v) is 10.5. The number of amides is 2. The molecule has 0 aliphatic carbocycles. The molecule has 0 saturated carbocycles. The summed E-state index contributed by atoms with van der Waals surface area (Å²) in [4.78, 5) is 27.5. The number of nitrogens with zero attached hydrogens (tertiary/aromatic N) is 1. The first-order chi connectivity index (χ1) is 14.2. The van der Waals surface area contributed by atoms with E-state index in [1.165, 1.54) is 0 Å². The molecule has 5 heteroatoms. The van der Waals surface area contributed by atoms with Crippen LogP contribution >= 0.6 is 0 Å². The number of aryl methyl sites for hydroxylation is 1. The summed E-state index contributed by atoms with van der Waals surface area (Å²) < 4.78 is 5.69. The predicted molar refractivity (Wildman–Crippen MR) is 120 cm³/mol. The molecule has 2 amide bonds. The zero-order valence-electron chi connectivity index (χ0n) is 18.8. The molecule has 2 rings (SSSR count). The first-order valence-electron chi connectivity index (χ1n) is 10.5. The highest BCUT2D eigenvalue weighted by Crippen LogP contribution is 2.15. The van der Waals surface area contributed by atoms with Crippen LogP contribution in [-0.4, -0.2) is 34.9 Å². The highest BCUT2D eigenvalue weighted by atomic mass is 16.5. The number of hydrogen-bond acceptors (Lipinski definition) is 3. The minimum Gasteiger partial charge on any atom is -0.494 e. The predicted octanol–water partition coefficient (Wildman–Crippen LogP) is 4.49. The fraction of sp³-hybridized carbons (Fsp3) is 0.440. The lowest BCUT2D eigenvalue weighted by Crippen LogP contribution is -2.52. The number of hydrogen-bond donors (Lipinski definition) is 1. The summed E-state index contributed by atoms with van der Waals surface area (Å²) in [5.41, 5.74) is 1.79. The molecule has 0 spiro atoms. The Hall–Kier alpha value is -2.82. The molecule has 2 aromatic carbocycles. The van der Waals surface area contributed by atoms with Crippen molar-refractivity contribution in [1.82, 2.24) is 10.2 Å². The maximum Gasteiger partial charge on any atom is 0.242 e. The van der Waals surface area contributed by atoms with E-state index < -0.39 is 6.04 Å². The van der Waals surface area contributed by atoms with Crippen LogP contribution in [0.2, 0.25) is 0 Å². The zero-order valence-corrected chi connectivity index (χ0v) is 18.8. The molecule has 162 valence electrons. The third-order valence-electron chi connectivity index (χ3n) is 4.65. The molecule has 0 bridgehead atoms. The smallest absolute Gasteiger partial charge is 0.242 e. The molecule has 0 unspecified atom stereocenters. The van der Waals surface area contributed by atoms with Gasteiger partial charge in [0.25, 0.3) is 0 Å². The van der Waals surface area contributed by atoms with Gasteiger partial charge in [-0.25, -0.2) is 0 Å². The van der Waals surface area contributed by atoms with Crippen LogP contribution in [0, 0.1) is 6.92 Å². The summed E-state index contributed by atoms with van der Waals surface area (Å²) in [6.07, 6.45) is 0.914. The van der Waals surface area contributed by atoms with Gasteiger partial charge < -0.3 is 15.0 Å². The number of carbonyl (C=O) groups is 2. The van der Waals surface area contributed by atoms with Gasteiger partial charge in [-0.05, 0) is 58.7 Å². The van der Waals surface area contributed by atoms with E-state index in [-0.39, 0.29) is 17.4 Å². The van der Waals surface area contributed by atoms with Gasteiger partial charge in [0, 0.05) is 18.5 Å². The minimum absolute atomic E-state index is 0.0512. The molecule has 0 aromatic heterocycles. The van der Waals surface area contributed by atoms with Crippen molar-refractivity contribution in [2.24, 2.45) is 0 Å². The second-order valence-corrected chi connectivity index (χ2v) is 8.69. The highest BCUT2D eigenvalue weighted by Gasteiger charge is 2.28. The molecule has 0 saturated heterocycles. The topological polar surface area (TPSA) is 58.6 Å². The van der Waals surface area contributed by atoms with Crippen LogP contribution in [0.1, 0.15) is 51.7 Å². The summed E-state index contributed by atoms with van der Waals surface area (Å²) in [5.74, 6) is 0.591. The van der Waals surface area contributed by atoms with Gasteiger partial charge in [0.05, 0.1) is 6.61 Å². The molecule has 0 radical (unpaired) electrons. The van der Waals surface area contributed by atoms with Crippen molar-refractivity contribution < 1.29 is 14.3 Å². The Morgan fingerprint density at radius 1 is 1.07 bits per heavy atom. The van der Waals surface area contributed by atoms with Crippen molar-refractivity contribution in [3.63, 3.8) is 0 Å². The Morgan fingerprint density at radius 3 is 2.40 bits per heavy atom. The molecule has 2 aromatic rings. The van der Waals surface area contributed by atoms with Crippen LogP contribution in [0.25, 0.3) is 0 Å². The molecule has 0 aliphatic heterocycles. The number of rotatable bonds is 9. The van der Waals surface area contributed by atoms with Crippen molar-refractivity contribution in [1.29, 1.82) is 0 Å². The minimum atomic E-state index is -0.563. The van der Waals surface area contributed by atoms with Crippen LogP contribution in [0.15, 0.2) is 54.6 Å². The van der Waals surface area contributed by atoms with Crippen molar-refractivity contribution in [3.05, 3.63) is 65.7 Å². The summed E-state index contributed by atoms with van der Waals surface area (Å²) >= 11 is 0. The number of benzene rings is 2. The molecule has 1 atom stereocenters. The summed E-state index contributed by atoms with van der Waals surface area (Å²) in [5, 5.41) is 2.98. The van der Waals surface area contributed by atoms with Gasteiger partial charge in [-0.15, -0.1) is 0 Å². The summed E-state index contributed by atoms with van der Waals surface area (Å²) in [7, 11) is 0. The fourth-order valence-electron chi connectivity index (χ4n) is 3.14. The summed E-state index contributed by atoms with van der Waals surface area (Å²) in [6, 6.07) is 17.0. The van der Waals surface area contributed by atoms with Gasteiger partial charge in [0.15, 0.2) is 0 Å². The van der Waals surface area contributed by atoms with Crippen LogP contribution in [0.5, 0.6) is 5.75 Å². The molecule has 0 heterocycles. The molecule has 0 fully saturated rings. The second kappa shape index (κ2) is 10.8. The largest absolute Gasteiger partial charge is 0.494 e. The number of carbonyl (C=O) groups excluding carboxylic acids is 2. The Labute approximate surface area is 180 Å². The van der Waals surface area contributed by atoms with Crippen molar-refractivity contribution in [2.75, 3.05) is 6.61 Å². The molecular weight excluding hydrogens is 376 g/mol. The summed E-state index contributed by atoms with van der Waals surface area (Å²) in [6.45, 7) is 10.5. The van der Waals surface area contributed by atoms with E-state index in [0.29, 0.717) is 26.0 Å². The third-order valence-corrected chi connectivity index (χ3v) is 4.65. The van der Waals surface area contributed by atoms with Gasteiger partial charge in [-0.1, -0.05) is 48.0 Å². The maximum atomic E-state index is 13.0. The van der Waals surface area contributed by atoms with Gasteiger partial charge >= 0.3 is 0 Å². The molecule has 0 aliphatic rings. The van der Waals surface area contributed by atoms with E-state index in [0.717, 1.165) is 16.9 Å². The van der Waals surface area contributed by atoms with Crippen LogP contribution in [-0.2, 0) is 16.1 Å². The Balaban J connectivity index is 2.03. The van der Waals surface area contributed by atoms with Crippen LogP contribution in [0.3, 0.4) is 0 Å². The van der Waals surface area contributed by atoms with Crippen LogP contribution in [0.4, 0.5) is 0 Å². The maximum absolute atomic E-state index is 13.0. The van der Waals surface area contributed by atoms with Gasteiger partial charge in [-0.2, -0.15) is 0 Å². The average molecular weight is 411 g/mol. The van der Waals surface area contributed by atoms with E-state index in [9.17, 15) is 9.59 Å². The first kappa shape index (κ1) is 23.5. The fourth-order valence-corrected chi connectivity index (χ4v) is 3.14. The van der Waals surface area contributed by atoms with Gasteiger partial charge in [-0.3, -0.25) is 9.59 Å². The molecular formula is C25H34N2O3. The van der Waals surface area contributed by atoms with Crippen molar-refractivity contribution in [2.45, 2.75) is 65.6 Å². The van der Waals surface area contributed by atoms with Crippen molar-refractivity contribution >= 4 is 11.8 Å². The van der Waals surface area contributed by atoms with E-state index in [1.807, 2.05) is 82.3 Å². The monoisotopic (exact) mass is 410 g/mol. The lowest BCUT2D eigenvalue weighted by Gasteiger charge is -2.31. The van der Waals surface area contributed by atoms with E-state index in [4.69, 9.17) is 4.74 Å². The van der Waals surface area contributed by atoms with E-state index in [2.05, 4.69) is 5.32 Å². The number of para-hydroxylation sites is 1. The van der Waals surface area contributed by atoms with E-state index >= 15 is 0 Å². The van der Waals surface area contributed by atoms with Crippen LogP contribution < -0.4 is 10.1 Å². The second-order valence-electron chi connectivity index (χ2n) is 8.69. The lowest BCUT2D eigenvalue weighted by atomic mass is 10.1. The van der Waals surface area contributed by atoms with Crippen molar-refractivity contribution in [3.8, 4) is 5.75 Å². The third kappa shape index (κ3) is 7.90. The average Bonchev–Trinajstić information content (AvgIpc) is 2.68. The zero-order chi connectivity index (χ0) is 22.1. The number of nitrogens with one attached hydrogen (secondary N) is 1. The highest BCUT2D eigenvalue weighted by molar-refractivity contribution is 5.87. The molecule has 30 heavy (non-hydrogen) atoms. The Kier molecular flexibility index (Phi) is 8.46. The number of ether oxygens (including phenoxy) is 1. The Morgan fingerprint density at radius 2 is 1.77 bits per heavy atom. The molecule has 5 nitrogen and oxygen atoms in total. The normalized spacial score (nSPS) is 12.2. The van der Waals surface area contributed by atoms with Gasteiger partial charge in [0.1, 0.15) is 11.8 Å². The lowest BCUT2D eigenvalue weighted by molar-refractivity contribution is -0.141. The Bertz CT molecular complexity index is 828. The quantitative estimate of drug-likeness (QED) is 0.620. The SMILES string of the molecule is Cc1cccc(CN(C(=O)CCCOc2ccccc2)[C@H](C)C(=O)NC(C)(C)C)c1.